The third-order valence-electron chi connectivity index (χ3n) is 0.684. The van der Waals surface area contributed by atoms with Crippen molar-refractivity contribution in [3.8, 4) is 0 Å². The zero-order valence-corrected chi connectivity index (χ0v) is 6.46. The molecule has 1 aliphatic heterocycles. The minimum absolute atomic E-state index is 0.430. The van der Waals surface area contributed by atoms with Crippen LogP contribution in [0, 0.1) is 0 Å². The molecule has 0 bridgehead atoms. The molecule has 0 unspecified atom stereocenters. The lowest BCUT2D eigenvalue weighted by Gasteiger charge is -2.06. The van der Waals surface area contributed by atoms with Crippen LogP contribution in [0.2, 0.25) is 0 Å². The van der Waals surface area contributed by atoms with Crippen molar-refractivity contribution in [3.05, 3.63) is 24.7 Å². The molecule has 0 atom stereocenters. The van der Waals surface area contributed by atoms with E-state index in [1.54, 1.807) is 0 Å². The van der Waals surface area contributed by atoms with Crippen molar-refractivity contribution in [1.29, 1.82) is 0 Å². The highest BCUT2D eigenvalue weighted by molar-refractivity contribution is 5.98. The van der Waals surface area contributed by atoms with Gasteiger partial charge in [0.25, 0.3) is 0 Å². The predicted molar refractivity (Wildman–Crippen MR) is 30.4 cm³/mol. The van der Waals surface area contributed by atoms with E-state index in [1.807, 2.05) is 0 Å². The largest absolute Gasteiger partial charge is 0.526 e. The molecule has 0 radical (unpaired) electrons. The number of hydrogen-bond donors (Lipinski definition) is 0. The molecule has 44 valence electrons. The van der Waals surface area contributed by atoms with Crippen LogP contribution < -0.4 is 0 Å². The van der Waals surface area contributed by atoms with Gasteiger partial charge in [-0.25, -0.2) is 0 Å². The third kappa shape index (κ3) is 1.03. The van der Waals surface area contributed by atoms with Crippen LogP contribution in [0.25, 0.3) is 0 Å². The van der Waals surface area contributed by atoms with Crippen LogP contribution in [0.4, 0.5) is 0 Å². The van der Waals surface area contributed by atoms with Gasteiger partial charge in [0.15, 0.2) is 6.26 Å². The summed E-state index contributed by atoms with van der Waals surface area (Å²) in [6, 6.07) is 0. The first-order chi connectivity index (χ1) is 3.93. The van der Waals surface area contributed by atoms with E-state index in [1.165, 1.54) is 18.8 Å². The van der Waals surface area contributed by atoms with Crippen molar-refractivity contribution in [3.63, 3.8) is 0 Å². The number of ether oxygens (including phenoxy) is 2. The molecule has 8 heavy (non-hydrogen) atoms. The van der Waals surface area contributed by atoms with Crippen LogP contribution in [-0.2, 0) is 13.9 Å². The fraction of sp³-hybridized carbons (Fsp3) is 0. The second kappa shape index (κ2) is 2.42. The van der Waals surface area contributed by atoms with E-state index < -0.39 is 0 Å². The summed E-state index contributed by atoms with van der Waals surface area (Å²) in [6.07, 6.45) is 4.27. The summed E-state index contributed by atoms with van der Waals surface area (Å²) in [4.78, 5) is 0. The fourth-order valence-corrected chi connectivity index (χ4v) is 0.538. The Balaban J connectivity index is 2.43. The van der Waals surface area contributed by atoms with Gasteiger partial charge < -0.3 is 13.9 Å². The van der Waals surface area contributed by atoms with E-state index in [2.05, 4.69) is 0 Å². The van der Waals surface area contributed by atoms with E-state index >= 15 is 0 Å². The summed E-state index contributed by atoms with van der Waals surface area (Å²) >= 11 is 0. The van der Waals surface area contributed by atoms with Gasteiger partial charge in [-0.2, -0.15) is 0 Å². The van der Waals surface area contributed by atoms with Crippen LogP contribution in [0.5, 0.6) is 0 Å². The normalized spacial score (nSPS) is 16.2. The molecule has 0 spiro atoms. The van der Waals surface area contributed by atoms with Gasteiger partial charge in [0.2, 0.25) is 10.5 Å². The van der Waals surface area contributed by atoms with Gasteiger partial charge in [0.1, 0.15) is 12.5 Å². The molecule has 3 nitrogen and oxygen atoms in total. The molecule has 0 aromatic rings. The quantitative estimate of drug-likeness (QED) is 0.452. The van der Waals surface area contributed by atoms with Gasteiger partial charge >= 0.3 is 5.95 Å². The minimum Gasteiger partial charge on any atom is -0.526 e. The van der Waals surface area contributed by atoms with Crippen molar-refractivity contribution in [2.24, 2.45) is 0 Å². The smallest absolute Gasteiger partial charge is 0.306 e. The number of rotatable bonds is 1. The summed E-state index contributed by atoms with van der Waals surface area (Å²) in [6.45, 7) is 0. The molecule has 1 aliphatic rings. The summed E-state index contributed by atoms with van der Waals surface area (Å²) < 4.78 is 14.3. The lowest BCUT2D eigenvalue weighted by molar-refractivity contribution is 0.148. The van der Waals surface area contributed by atoms with Gasteiger partial charge in [-0.3, -0.25) is 0 Å². The SMILES string of the molecule is [SiH3]OC1=COC=CO1. The van der Waals surface area contributed by atoms with Crippen LogP contribution in [0.3, 0.4) is 0 Å². The maximum Gasteiger partial charge on any atom is 0.306 e. The molecule has 0 N–H and O–H groups in total. The standard InChI is InChI=1S/C4H6O3Si/c8-7-4-3-5-1-2-6-4/h1-3H,8H3. The van der Waals surface area contributed by atoms with E-state index in [4.69, 9.17) is 13.9 Å². The van der Waals surface area contributed by atoms with Gasteiger partial charge in [0.05, 0.1) is 0 Å². The minimum atomic E-state index is 0.430. The topological polar surface area (TPSA) is 27.7 Å². The van der Waals surface area contributed by atoms with Crippen LogP contribution in [0.1, 0.15) is 0 Å². The van der Waals surface area contributed by atoms with Gasteiger partial charge in [-0.05, 0) is 0 Å². The lowest BCUT2D eigenvalue weighted by atomic mass is 10.9. The highest BCUT2D eigenvalue weighted by Gasteiger charge is 1.95. The Bertz CT molecular complexity index is 129. The Labute approximate surface area is 50.1 Å². The molecule has 0 amide bonds. The van der Waals surface area contributed by atoms with Crippen LogP contribution >= 0.6 is 0 Å². The van der Waals surface area contributed by atoms with Crippen molar-refractivity contribution < 1.29 is 13.9 Å². The first-order valence-electron chi connectivity index (χ1n) is 2.15. The molecule has 0 saturated heterocycles. The Kier molecular flexibility index (Phi) is 1.58. The summed E-state index contributed by atoms with van der Waals surface area (Å²) in [5, 5.41) is 0. The molecule has 0 saturated carbocycles. The first kappa shape index (κ1) is 5.24. The second-order valence-electron chi connectivity index (χ2n) is 1.17. The molecule has 4 heteroatoms. The van der Waals surface area contributed by atoms with Crippen LogP contribution in [0.15, 0.2) is 24.7 Å². The zero-order chi connectivity index (χ0) is 5.82. The van der Waals surface area contributed by atoms with Crippen molar-refractivity contribution in [1.82, 2.24) is 0 Å². The summed E-state index contributed by atoms with van der Waals surface area (Å²) in [5.74, 6) is 0.430. The van der Waals surface area contributed by atoms with Gasteiger partial charge in [0, 0.05) is 0 Å². The highest BCUT2D eigenvalue weighted by atomic mass is 28.2. The van der Waals surface area contributed by atoms with Crippen molar-refractivity contribution >= 4 is 10.5 Å². The van der Waals surface area contributed by atoms with E-state index in [0.717, 1.165) is 0 Å². The molecular weight excluding hydrogens is 124 g/mol. The Morgan fingerprint density at radius 3 is 2.75 bits per heavy atom. The molecule has 0 aromatic heterocycles. The average Bonchev–Trinajstić information content (AvgIpc) is 1.90. The zero-order valence-electron chi connectivity index (χ0n) is 4.46. The second-order valence-corrected chi connectivity index (χ2v) is 1.58. The molecular formula is C4H6O3Si. The Morgan fingerprint density at radius 2 is 2.38 bits per heavy atom. The van der Waals surface area contributed by atoms with E-state index in [0.29, 0.717) is 16.4 Å². The lowest BCUT2D eigenvalue weighted by Crippen LogP contribution is -1.93. The molecule has 0 aromatic carbocycles. The maximum atomic E-state index is 4.80. The summed E-state index contributed by atoms with van der Waals surface area (Å²) in [5.41, 5.74) is 0. The highest BCUT2D eigenvalue weighted by Crippen LogP contribution is 2.03. The maximum absolute atomic E-state index is 4.80. The monoisotopic (exact) mass is 130 g/mol. The van der Waals surface area contributed by atoms with E-state index in [9.17, 15) is 0 Å². The first-order valence-corrected chi connectivity index (χ1v) is 2.96. The van der Waals surface area contributed by atoms with Gasteiger partial charge in [-0.15, -0.1) is 0 Å². The predicted octanol–water partition coefficient (Wildman–Crippen LogP) is -0.400. The van der Waals surface area contributed by atoms with Crippen LogP contribution in [-0.4, -0.2) is 10.5 Å². The molecule has 1 heterocycles. The van der Waals surface area contributed by atoms with Crippen molar-refractivity contribution in [2.75, 3.05) is 0 Å². The molecule has 0 fully saturated rings. The Hall–Kier alpha value is -0.903. The fourth-order valence-electron chi connectivity index (χ4n) is 0.346. The Morgan fingerprint density at radius 1 is 1.50 bits per heavy atom. The third-order valence-corrected chi connectivity index (χ3v) is 1.09. The summed E-state index contributed by atoms with van der Waals surface area (Å²) in [7, 11) is 0.623. The average molecular weight is 130 g/mol. The molecule has 0 aliphatic carbocycles. The van der Waals surface area contributed by atoms with Crippen molar-refractivity contribution in [2.45, 2.75) is 0 Å². The van der Waals surface area contributed by atoms with E-state index in [-0.39, 0.29) is 0 Å². The number of hydrogen-bond acceptors (Lipinski definition) is 3. The van der Waals surface area contributed by atoms with Gasteiger partial charge in [-0.1, -0.05) is 0 Å². The molecule has 1 rings (SSSR count).